The zero-order valence-electron chi connectivity index (χ0n) is 12.5. The normalized spacial score (nSPS) is 21.0. The summed E-state index contributed by atoms with van der Waals surface area (Å²) in [7, 11) is -1.46. The molecule has 0 aromatic heterocycles. The number of nitrogens with zero attached hydrogens (tertiary/aromatic N) is 2. The number of nitrogen functional groups attached to an aromatic ring is 1. The third kappa shape index (κ3) is 2.68. The van der Waals surface area contributed by atoms with Crippen molar-refractivity contribution in [1.29, 1.82) is 0 Å². The van der Waals surface area contributed by atoms with Gasteiger partial charge in [-0.15, -0.1) is 0 Å². The van der Waals surface area contributed by atoms with E-state index < -0.39 is 10.0 Å². The number of sulfonamides is 1. The molecule has 20 heavy (non-hydrogen) atoms. The molecular formula is C14H23N3O2S. The van der Waals surface area contributed by atoms with Gasteiger partial charge in [-0.2, -0.15) is 4.31 Å². The first kappa shape index (κ1) is 15.3. The minimum Gasteiger partial charge on any atom is -0.399 e. The summed E-state index contributed by atoms with van der Waals surface area (Å²) in [4.78, 5) is 2.50. The second-order valence-electron chi connectivity index (χ2n) is 6.10. The predicted molar refractivity (Wildman–Crippen MR) is 81.1 cm³/mol. The van der Waals surface area contributed by atoms with E-state index in [1.54, 1.807) is 29.4 Å². The smallest absolute Gasteiger partial charge is 0.243 e. The van der Waals surface area contributed by atoms with Gasteiger partial charge >= 0.3 is 0 Å². The van der Waals surface area contributed by atoms with Crippen LogP contribution in [-0.4, -0.2) is 49.8 Å². The minimum absolute atomic E-state index is 0.167. The maximum atomic E-state index is 12.8. The molecule has 1 heterocycles. The third-order valence-corrected chi connectivity index (χ3v) is 6.10. The van der Waals surface area contributed by atoms with Crippen LogP contribution in [0.15, 0.2) is 23.1 Å². The van der Waals surface area contributed by atoms with E-state index in [1.807, 2.05) is 7.05 Å². The zero-order chi connectivity index (χ0) is 15.1. The van der Waals surface area contributed by atoms with Crippen LogP contribution < -0.4 is 5.73 Å². The summed E-state index contributed by atoms with van der Waals surface area (Å²) in [5, 5.41) is 0. The molecule has 1 aromatic rings. The van der Waals surface area contributed by atoms with Gasteiger partial charge in [-0.05, 0) is 45.5 Å². The summed E-state index contributed by atoms with van der Waals surface area (Å²) in [5.74, 6) is 0. The average molecular weight is 297 g/mol. The summed E-state index contributed by atoms with van der Waals surface area (Å²) in [6.45, 7) is 7.64. The summed E-state index contributed by atoms with van der Waals surface area (Å²) >= 11 is 0. The Balaban J connectivity index is 2.38. The van der Waals surface area contributed by atoms with Crippen LogP contribution in [0, 0.1) is 6.92 Å². The quantitative estimate of drug-likeness (QED) is 0.835. The lowest BCUT2D eigenvalue weighted by Gasteiger charge is -2.44. The SMILES string of the molecule is Cc1ccc(N)cc1S(=O)(=O)N1CCN(C)C(C)(C)C1. The van der Waals surface area contributed by atoms with E-state index in [0.717, 1.165) is 12.1 Å². The van der Waals surface area contributed by atoms with E-state index in [2.05, 4.69) is 18.7 Å². The Bertz CT molecular complexity index is 611. The fraction of sp³-hybridized carbons (Fsp3) is 0.571. The minimum atomic E-state index is -3.48. The predicted octanol–water partition coefficient (Wildman–Crippen LogP) is 1.29. The molecule has 5 nitrogen and oxygen atoms in total. The Hall–Kier alpha value is -1.11. The van der Waals surface area contributed by atoms with Crippen LogP contribution in [0.5, 0.6) is 0 Å². The van der Waals surface area contributed by atoms with Crippen molar-refractivity contribution in [3.63, 3.8) is 0 Å². The number of rotatable bonds is 2. The number of hydrogen-bond acceptors (Lipinski definition) is 4. The highest BCUT2D eigenvalue weighted by molar-refractivity contribution is 7.89. The summed E-state index contributed by atoms with van der Waals surface area (Å²) < 4.78 is 27.2. The highest BCUT2D eigenvalue weighted by atomic mass is 32.2. The van der Waals surface area contributed by atoms with Gasteiger partial charge in [-0.25, -0.2) is 8.42 Å². The summed E-state index contributed by atoms with van der Waals surface area (Å²) in [5.41, 5.74) is 6.78. The second-order valence-corrected chi connectivity index (χ2v) is 8.00. The van der Waals surface area contributed by atoms with Crippen molar-refractivity contribution in [2.75, 3.05) is 32.4 Å². The van der Waals surface area contributed by atoms with Crippen molar-refractivity contribution in [3.05, 3.63) is 23.8 Å². The molecule has 0 aliphatic carbocycles. The fourth-order valence-corrected chi connectivity index (χ4v) is 4.28. The maximum Gasteiger partial charge on any atom is 0.243 e. The molecule has 1 saturated heterocycles. The van der Waals surface area contributed by atoms with E-state index in [-0.39, 0.29) is 5.54 Å². The van der Waals surface area contributed by atoms with Crippen LogP contribution >= 0.6 is 0 Å². The Labute approximate surface area is 121 Å². The molecule has 0 unspecified atom stereocenters. The molecule has 1 aromatic carbocycles. The molecule has 0 spiro atoms. The Morgan fingerprint density at radius 3 is 2.50 bits per heavy atom. The molecule has 0 bridgehead atoms. The largest absolute Gasteiger partial charge is 0.399 e. The standard InChI is InChI=1S/C14H23N3O2S/c1-11-5-6-12(15)9-13(11)20(18,19)17-8-7-16(4)14(2,3)10-17/h5-6,9H,7-8,10,15H2,1-4H3. The first-order valence-electron chi connectivity index (χ1n) is 6.72. The molecule has 112 valence electrons. The van der Waals surface area contributed by atoms with Crippen molar-refractivity contribution < 1.29 is 8.42 Å². The molecule has 2 N–H and O–H groups in total. The van der Waals surface area contributed by atoms with Gasteiger partial charge in [0.05, 0.1) is 4.90 Å². The van der Waals surface area contributed by atoms with Gasteiger partial charge in [0, 0.05) is 30.9 Å². The van der Waals surface area contributed by atoms with Gasteiger partial charge in [0.1, 0.15) is 0 Å². The van der Waals surface area contributed by atoms with Crippen molar-refractivity contribution in [3.8, 4) is 0 Å². The van der Waals surface area contributed by atoms with Crippen LogP contribution in [-0.2, 0) is 10.0 Å². The van der Waals surface area contributed by atoms with Gasteiger partial charge in [0.25, 0.3) is 0 Å². The van der Waals surface area contributed by atoms with Crippen molar-refractivity contribution in [2.24, 2.45) is 0 Å². The number of benzene rings is 1. The lowest BCUT2D eigenvalue weighted by molar-refractivity contribution is 0.0801. The lowest BCUT2D eigenvalue weighted by atomic mass is 10.0. The van der Waals surface area contributed by atoms with Crippen molar-refractivity contribution in [1.82, 2.24) is 9.21 Å². The molecule has 0 radical (unpaired) electrons. The van der Waals surface area contributed by atoms with Gasteiger partial charge in [-0.3, -0.25) is 4.90 Å². The van der Waals surface area contributed by atoms with Crippen LogP contribution in [0.2, 0.25) is 0 Å². The van der Waals surface area contributed by atoms with Gasteiger partial charge in [-0.1, -0.05) is 6.07 Å². The lowest BCUT2D eigenvalue weighted by Crippen LogP contribution is -2.58. The van der Waals surface area contributed by atoms with Gasteiger partial charge in [0.2, 0.25) is 10.0 Å². The van der Waals surface area contributed by atoms with Crippen molar-refractivity contribution in [2.45, 2.75) is 31.2 Å². The first-order chi connectivity index (χ1) is 9.14. The molecule has 1 aliphatic rings. The number of nitrogens with two attached hydrogens (primary N) is 1. The molecular weight excluding hydrogens is 274 g/mol. The van der Waals surface area contributed by atoms with Crippen molar-refractivity contribution >= 4 is 15.7 Å². The second kappa shape index (κ2) is 5.02. The zero-order valence-corrected chi connectivity index (χ0v) is 13.4. The number of hydrogen-bond donors (Lipinski definition) is 1. The molecule has 1 fully saturated rings. The monoisotopic (exact) mass is 297 g/mol. The van der Waals surface area contributed by atoms with Crippen LogP contribution in [0.1, 0.15) is 19.4 Å². The molecule has 2 rings (SSSR count). The first-order valence-corrected chi connectivity index (χ1v) is 8.16. The van der Waals surface area contributed by atoms with E-state index in [4.69, 9.17) is 5.73 Å². The summed E-state index contributed by atoms with van der Waals surface area (Å²) in [6.07, 6.45) is 0. The number of piperazine rings is 1. The maximum absolute atomic E-state index is 12.8. The van der Waals surface area contributed by atoms with Crippen LogP contribution in [0.4, 0.5) is 5.69 Å². The van der Waals surface area contributed by atoms with E-state index in [9.17, 15) is 8.42 Å². The molecule has 0 saturated carbocycles. The Kier molecular flexibility index (Phi) is 3.83. The summed E-state index contributed by atoms with van der Waals surface area (Å²) in [6, 6.07) is 5.03. The molecule has 0 amide bonds. The number of anilines is 1. The topological polar surface area (TPSA) is 66.6 Å². The number of aryl methyl sites for hydroxylation is 1. The Morgan fingerprint density at radius 1 is 1.25 bits per heavy atom. The number of likely N-dealkylation sites (N-methyl/N-ethyl adjacent to an activating group) is 1. The Morgan fingerprint density at radius 2 is 1.90 bits per heavy atom. The van der Waals surface area contributed by atoms with Gasteiger partial charge < -0.3 is 5.73 Å². The van der Waals surface area contributed by atoms with Crippen LogP contribution in [0.25, 0.3) is 0 Å². The van der Waals surface area contributed by atoms with E-state index in [0.29, 0.717) is 23.7 Å². The van der Waals surface area contributed by atoms with Crippen LogP contribution in [0.3, 0.4) is 0 Å². The molecule has 1 aliphatic heterocycles. The van der Waals surface area contributed by atoms with E-state index in [1.165, 1.54) is 0 Å². The average Bonchev–Trinajstić information content (AvgIpc) is 2.35. The van der Waals surface area contributed by atoms with E-state index >= 15 is 0 Å². The molecule has 6 heteroatoms. The fourth-order valence-electron chi connectivity index (χ4n) is 2.43. The highest BCUT2D eigenvalue weighted by Crippen LogP contribution is 2.27. The molecule has 0 atom stereocenters. The third-order valence-electron chi connectivity index (χ3n) is 4.11. The van der Waals surface area contributed by atoms with Gasteiger partial charge in [0.15, 0.2) is 0 Å². The highest BCUT2D eigenvalue weighted by Gasteiger charge is 2.37.